The molecule has 12 nitrogen and oxygen atoms in total. The Morgan fingerprint density at radius 1 is 0.474 bits per heavy atom. The first-order chi connectivity index (χ1) is 37.4. The highest BCUT2D eigenvalue weighted by Gasteiger charge is 2.42. The average Bonchev–Trinajstić information content (AvgIpc) is 3.99. The van der Waals surface area contributed by atoms with Crippen molar-refractivity contribution < 1.29 is 33.4 Å². The highest BCUT2D eigenvalue weighted by Crippen LogP contribution is 2.40. The zero-order valence-electron chi connectivity index (χ0n) is 48.9. The van der Waals surface area contributed by atoms with Crippen molar-refractivity contribution >= 4 is 35.5 Å². The van der Waals surface area contributed by atoms with E-state index in [0.29, 0.717) is 86.8 Å². The summed E-state index contributed by atoms with van der Waals surface area (Å²) in [5.74, 6) is 2.63. The second-order valence-corrected chi connectivity index (χ2v) is 23.5. The molecule has 5 amide bonds. The minimum Gasteiger partial charge on any atom is -0.490 e. The van der Waals surface area contributed by atoms with Gasteiger partial charge in [0.25, 0.3) is 5.91 Å². The molecule has 2 aliphatic heterocycles. The average molecular weight is 1080 g/mol. The van der Waals surface area contributed by atoms with E-state index in [9.17, 15) is 19.2 Å². The van der Waals surface area contributed by atoms with Crippen LogP contribution in [-0.4, -0.2) is 86.3 Å². The summed E-state index contributed by atoms with van der Waals surface area (Å²) in [7, 11) is 0. The van der Waals surface area contributed by atoms with Gasteiger partial charge >= 0.3 is 6.03 Å². The number of carbonyl (C=O) groups is 4. The Morgan fingerprint density at radius 2 is 0.868 bits per heavy atom. The molecule has 3 atom stereocenters. The van der Waals surface area contributed by atoms with Gasteiger partial charge in [-0.05, 0) is 63.5 Å². The molecule has 0 saturated carbocycles. The van der Waals surface area contributed by atoms with E-state index in [1.807, 2.05) is 23.9 Å². The summed E-state index contributed by atoms with van der Waals surface area (Å²) in [5, 5.41) is 15.6. The maximum atomic E-state index is 13.8. The number of amides is 5. The van der Waals surface area contributed by atoms with Gasteiger partial charge in [-0.15, -0.1) is 0 Å². The second-order valence-electron chi connectivity index (χ2n) is 22.2. The maximum Gasteiger partial charge on any atom is 0.315 e. The van der Waals surface area contributed by atoms with Gasteiger partial charge in [-0.2, -0.15) is 11.8 Å². The molecule has 2 heterocycles. The van der Waals surface area contributed by atoms with Crippen LogP contribution in [0, 0.1) is 0 Å². The van der Waals surface area contributed by atoms with Crippen LogP contribution in [-0.2, 0) is 9.59 Å². The second kappa shape index (κ2) is 46.6. The van der Waals surface area contributed by atoms with Gasteiger partial charge in [-0.1, -0.05) is 213 Å². The quantitative estimate of drug-likeness (QED) is 0.0319. The molecule has 13 heteroatoms. The number of rotatable bonds is 53. The largest absolute Gasteiger partial charge is 0.490 e. The third-order valence-electron chi connectivity index (χ3n) is 15.2. The van der Waals surface area contributed by atoms with E-state index in [2.05, 4.69) is 47.4 Å². The van der Waals surface area contributed by atoms with Gasteiger partial charge in [0.15, 0.2) is 11.5 Å². The number of hydrogen-bond donors (Lipinski definition) is 5. The third-order valence-corrected chi connectivity index (χ3v) is 16.7. The summed E-state index contributed by atoms with van der Waals surface area (Å²) >= 11 is 1.92. The number of hydrogen-bond acceptors (Lipinski definition) is 8. The first kappa shape index (κ1) is 66.9. The molecule has 1 aromatic rings. The monoisotopic (exact) mass is 1080 g/mol. The molecule has 76 heavy (non-hydrogen) atoms. The van der Waals surface area contributed by atoms with Gasteiger partial charge < -0.3 is 40.8 Å². The number of benzene rings is 1. The summed E-state index contributed by atoms with van der Waals surface area (Å²) < 4.78 is 19.6. The molecule has 3 rings (SSSR count). The topological polar surface area (TPSA) is 156 Å². The summed E-state index contributed by atoms with van der Waals surface area (Å²) in [6.45, 7) is 10.2. The Kier molecular flexibility index (Phi) is 41.0. The molecule has 0 aliphatic carbocycles. The van der Waals surface area contributed by atoms with E-state index in [-0.39, 0.29) is 35.8 Å². The first-order valence-electron chi connectivity index (χ1n) is 31.9. The van der Waals surface area contributed by atoms with Gasteiger partial charge in [0.1, 0.15) is 0 Å². The van der Waals surface area contributed by atoms with Gasteiger partial charge in [-0.25, -0.2) is 4.79 Å². The molecule has 2 fully saturated rings. The molecule has 2 aliphatic rings. The van der Waals surface area contributed by atoms with E-state index < -0.39 is 0 Å². The summed E-state index contributed by atoms with van der Waals surface area (Å²) in [6, 6.07) is 4.07. The number of unbranched alkanes of at least 4 members (excludes halogenated alkanes) is 31. The third kappa shape index (κ3) is 33.2. The van der Waals surface area contributed by atoms with E-state index in [4.69, 9.17) is 14.2 Å². The Bertz CT molecular complexity index is 1590. The lowest BCUT2D eigenvalue weighted by Crippen LogP contribution is -2.36. The van der Waals surface area contributed by atoms with Crippen molar-refractivity contribution in [3.05, 3.63) is 17.7 Å². The fraction of sp³-hybridized carbons (Fsp3) is 0.841. The molecule has 1 aromatic carbocycles. The van der Waals surface area contributed by atoms with Crippen molar-refractivity contribution in [2.24, 2.45) is 0 Å². The van der Waals surface area contributed by atoms with Crippen LogP contribution in [0.3, 0.4) is 0 Å². The van der Waals surface area contributed by atoms with Crippen LogP contribution >= 0.6 is 11.8 Å². The first-order valence-corrected chi connectivity index (χ1v) is 33.0. The van der Waals surface area contributed by atoms with Crippen molar-refractivity contribution in [2.75, 3.05) is 45.2 Å². The van der Waals surface area contributed by atoms with Gasteiger partial charge in [0.05, 0.1) is 31.9 Å². The lowest BCUT2D eigenvalue weighted by atomic mass is 10.0. The van der Waals surface area contributed by atoms with Crippen LogP contribution in [0.5, 0.6) is 17.2 Å². The standard InChI is InChI=1S/C63H113N5O7S/c1-4-7-10-13-16-19-22-25-30-37-47-73-55-50-53(51-56(74-48-38-31-26-23-20-17-14-11-8-5-2)61(55)75-49-39-32-27-24-21-18-15-12-9-6-3)62(71)66-46-40-43-59(70)65-45-36-29-28-35-44-64-58(69)42-34-33-41-57-60-54(52-76-57)67-63(72)68-60/h50-51,54,57,60H,4-49,52H2,1-3H3,(H,64,69)(H,65,70)(H,66,71)(H2,67,68,72)/t54-,57-,60-/m0/s1. The van der Waals surface area contributed by atoms with Crippen LogP contribution in [0.2, 0.25) is 0 Å². The number of urea groups is 1. The van der Waals surface area contributed by atoms with Crippen molar-refractivity contribution in [3.8, 4) is 17.2 Å². The fourth-order valence-corrected chi connectivity index (χ4v) is 12.0. The smallest absolute Gasteiger partial charge is 0.315 e. The minimum absolute atomic E-state index is 0.00764. The SMILES string of the molecule is CCCCCCCCCCCCOc1cc(C(=O)NCCCC(=O)NCCCCCCNC(=O)CCCC[C@@H]2SC[C@@H]3NC(=O)N[C@@H]32)cc(OCCCCCCCCCCCC)c1OCCCCCCCCCCCC. The molecule has 0 spiro atoms. The molecule has 0 unspecified atom stereocenters. The lowest BCUT2D eigenvalue weighted by Gasteiger charge is -2.19. The Morgan fingerprint density at radius 3 is 1.33 bits per heavy atom. The van der Waals surface area contributed by atoms with E-state index in [1.54, 1.807) is 0 Å². The minimum atomic E-state index is -0.207. The maximum absolute atomic E-state index is 13.8. The zero-order chi connectivity index (χ0) is 54.4. The molecule has 0 aromatic heterocycles. The zero-order valence-corrected chi connectivity index (χ0v) is 49.7. The van der Waals surface area contributed by atoms with Crippen LogP contribution in [0.1, 0.15) is 288 Å². The van der Waals surface area contributed by atoms with Crippen molar-refractivity contribution in [3.63, 3.8) is 0 Å². The highest BCUT2D eigenvalue weighted by atomic mass is 32.2. The van der Waals surface area contributed by atoms with Crippen LogP contribution in [0.25, 0.3) is 0 Å². The van der Waals surface area contributed by atoms with Gasteiger partial charge in [0.2, 0.25) is 17.6 Å². The molecule has 0 radical (unpaired) electrons. The summed E-state index contributed by atoms with van der Waals surface area (Å²) in [6.07, 6.45) is 45.7. The Labute approximate surface area is 468 Å². The van der Waals surface area contributed by atoms with Crippen molar-refractivity contribution in [1.29, 1.82) is 0 Å². The van der Waals surface area contributed by atoms with Crippen LogP contribution in [0.15, 0.2) is 12.1 Å². The van der Waals surface area contributed by atoms with Crippen LogP contribution in [0.4, 0.5) is 4.79 Å². The fourth-order valence-electron chi connectivity index (χ4n) is 10.4. The molecular weight excluding hydrogens is 971 g/mol. The van der Waals surface area contributed by atoms with Gasteiger partial charge in [0, 0.05) is 49.0 Å². The van der Waals surface area contributed by atoms with Gasteiger partial charge in [-0.3, -0.25) is 14.4 Å². The molecule has 5 N–H and O–H groups in total. The summed E-state index contributed by atoms with van der Waals surface area (Å²) in [4.78, 5) is 50.5. The molecule has 2 saturated heterocycles. The van der Waals surface area contributed by atoms with Crippen molar-refractivity contribution in [2.45, 2.75) is 295 Å². The van der Waals surface area contributed by atoms with E-state index in [0.717, 1.165) is 89.2 Å². The lowest BCUT2D eigenvalue weighted by molar-refractivity contribution is -0.122. The number of fused-ring (bicyclic) bond motifs is 1. The van der Waals surface area contributed by atoms with E-state index >= 15 is 0 Å². The van der Waals surface area contributed by atoms with Crippen LogP contribution < -0.4 is 40.8 Å². The number of ether oxygens (including phenoxy) is 3. The Hall–Kier alpha value is -3.35. The number of carbonyl (C=O) groups excluding carboxylic acids is 4. The number of thioether (sulfide) groups is 1. The Balaban J connectivity index is 1.43. The normalized spacial score (nSPS) is 15.8. The van der Waals surface area contributed by atoms with Crippen molar-refractivity contribution in [1.82, 2.24) is 26.6 Å². The molecule has 438 valence electrons. The highest BCUT2D eigenvalue weighted by molar-refractivity contribution is 8.00. The van der Waals surface area contributed by atoms with E-state index in [1.165, 1.54) is 154 Å². The molecule has 0 bridgehead atoms. The summed E-state index contributed by atoms with van der Waals surface area (Å²) in [5.41, 5.74) is 0.485. The number of nitrogens with one attached hydrogen (secondary N) is 5. The predicted molar refractivity (Wildman–Crippen MR) is 318 cm³/mol. The molecular formula is C63H113N5O7S. The predicted octanol–water partition coefficient (Wildman–Crippen LogP) is 15.6.